The first kappa shape index (κ1) is 15.9. The normalized spacial score (nSPS) is 18.5. The van der Waals surface area contributed by atoms with Crippen LogP contribution >= 0.6 is 0 Å². The first-order valence-corrected chi connectivity index (χ1v) is 7.57. The van der Waals surface area contributed by atoms with E-state index in [4.69, 9.17) is 0 Å². The lowest BCUT2D eigenvalue weighted by molar-refractivity contribution is 0.0718. The van der Waals surface area contributed by atoms with Gasteiger partial charge in [-0.15, -0.1) is 0 Å². The number of carbonyl (C=O) groups is 1. The Balaban J connectivity index is 2.08. The zero-order valence-electron chi connectivity index (χ0n) is 12.4. The molecule has 1 unspecified atom stereocenters. The Morgan fingerprint density at radius 3 is 2.81 bits per heavy atom. The van der Waals surface area contributed by atoms with E-state index in [-0.39, 0.29) is 11.5 Å². The Hall–Kier alpha value is -1.49. The molecule has 1 heterocycles. The summed E-state index contributed by atoms with van der Waals surface area (Å²) in [6.07, 6.45) is 3.05. The Morgan fingerprint density at radius 1 is 1.38 bits per heavy atom. The van der Waals surface area contributed by atoms with Crippen molar-refractivity contribution in [3.8, 4) is 0 Å². The summed E-state index contributed by atoms with van der Waals surface area (Å²) in [5.74, 6) is -1.69. The van der Waals surface area contributed by atoms with Crippen LogP contribution in [0.25, 0.3) is 0 Å². The molecule has 1 amide bonds. The van der Waals surface area contributed by atoms with Gasteiger partial charge in [0.1, 0.15) is 0 Å². The summed E-state index contributed by atoms with van der Waals surface area (Å²) in [6, 6.07) is 3.34. The fourth-order valence-corrected chi connectivity index (χ4v) is 2.75. The highest BCUT2D eigenvalue weighted by Crippen LogP contribution is 2.16. The number of hydrogen-bond donors (Lipinski definition) is 1. The zero-order chi connectivity index (χ0) is 15.2. The minimum atomic E-state index is -0.975. The number of nitrogens with one attached hydrogen (secondary N) is 1. The molecule has 1 aromatic rings. The molecule has 0 aromatic heterocycles. The highest BCUT2D eigenvalue weighted by molar-refractivity contribution is 5.94. The van der Waals surface area contributed by atoms with Gasteiger partial charge in [0.2, 0.25) is 0 Å². The van der Waals surface area contributed by atoms with Gasteiger partial charge in [-0.25, -0.2) is 8.78 Å². The molecule has 1 N–H and O–H groups in total. The molecule has 0 radical (unpaired) electrons. The van der Waals surface area contributed by atoms with Crippen molar-refractivity contribution in [2.45, 2.75) is 26.2 Å². The van der Waals surface area contributed by atoms with E-state index in [2.05, 4.69) is 5.32 Å². The maximum atomic E-state index is 13.3. The lowest BCUT2D eigenvalue weighted by Crippen LogP contribution is -2.41. The van der Waals surface area contributed by atoms with Gasteiger partial charge in [0.05, 0.1) is 0 Å². The van der Waals surface area contributed by atoms with Crippen LogP contribution < -0.4 is 5.32 Å². The van der Waals surface area contributed by atoms with Crippen molar-refractivity contribution in [1.29, 1.82) is 0 Å². The fraction of sp³-hybridized carbons (Fsp3) is 0.562. The van der Waals surface area contributed by atoms with Crippen LogP contribution in [0.1, 0.15) is 36.5 Å². The van der Waals surface area contributed by atoms with Gasteiger partial charge >= 0.3 is 0 Å². The van der Waals surface area contributed by atoms with Crippen molar-refractivity contribution < 1.29 is 13.6 Å². The van der Waals surface area contributed by atoms with Crippen LogP contribution in [0.5, 0.6) is 0 Å². The molecule has 3 nitrogen and oxygen atoms in total. The van der Waals surface area contributed by atoms with Crippen LogP contribution in [0, 0.1) is 17.6 Å². The summed E-state index contributed by atoms with van der Waals surface area (Å²) in [7, 11) is 0. The number of amides is 1. The van der Waals surface area contributed by atoms with E-state index in [0.717, 1.165) is 44.5 Å². The van der Waals surface area contributed by atoms with E-state index in [0.29, 0.717) is 19.0 Å². The maximum Gasteiger partial charge on any atom is 0.253 e. The van der Waals surface area contributed by atoms with E-state index in [1.165, 1.54) is 6.07 Å². The number of hydrogen-bond acceptors (Lipinski definition) is 2. The van der Waals surface area contributed by atoms with Crippen LogP contribution in [0.2, 0.25) is 0 Å². The third-order valence-electron chi connectivity index (χ3n) is 3.82. The predicted octanol–water partition coefficient (Wildman–Crippen LogP) is 2.82. The van der Waals surface area contributed by atoms with Gasteiger partial charge in [-0.3, -0.25) is 4.79 Å². The van der Waals surface area contributed by atoms with Gasteiger partial charge in [-0.1, -0.05) is 6.92 Å². The number of benzene rings is 1. The molecule has 2 rings (SSSR count). The van der Waals surface area contributed by atoms with E-state index < -0.39 is 11.6 Å². The summed E-state index contributed by atoms with van der Waals surface area (Å²) in [5, 5.41) is 3.33. The molecular formula is C16H22F2N2O. The topological polar surface area (TPSA) is 32.3 Å². The number of rotatable bonds is 5. The van der Waals surface area contributed by atoms with Crippen molar-refractivity contribution in [2.75, 3.05) is 26.2 Å². The van der Waals surface area contributed by atoms with Gasteiger partial charge in [-0.2, -0.15) is 0 Å². The van der Waals surface area contributed by atoms with Gasteiger partial charge < -0.3 is 10.2 Å². The van der Waals surface area contributed by atoms with Gasteiger partial charge in [0.15, 0.2) is 11.6 Å². The van der Waals surface area contributed by atoms with Gasteiger partial charge in [0.25, 0.3) is 5.91 Å². The lowest BCUT2D eigenvalue weighted by atomic mass is 9.98. The standard InChI is InChI=1S/C16H22F2N2O/c1-2-8-20(11-12-4-3-7-19-10-12)16(21)13-5-6-14(17)15(18)9-13/h5-6,9,12,19H,2-4,7-8,10-11H2,1H3. The Bertz CT molecular complexity index is 487. The van der Waals surface area contributed by atoms with E-state index in [1.54, 1.807) is 4.90 Å². The second-order valence-corrected chi connectivity index (χ2v) is 5.59. The highest BCUT2D eigenvalue weighted by Gasteiger charge is 2.22. The Labute approximate surface area is 124 Å². The molecule has 0 spiro atoms. The molecule has 0 aliphatic carbocycles. The third-order valence-corrected chi connectivity index (χ3v) is 3.82. The number of halogens is 2. The largest absolute Gasteiger partial charge is 0.338 e. The summed E-state index contributed by atoms with van der Waals surface area (Å²) in [4.78, 5) is 14.2. The minimum absolute atomic E-state index is 0.214. The fourth-order valence-electron chi connectivity index (χ4n) is 2.75. The second-order valence-electron chi connectivity index (χ2n) is 5.59. The van der Waals surface area contributed by atoms with Crippen molar-refractivity contribution in [3.05, 3.63) is 35.4 Å². The first-order chi connectivity index (χ1) is 10.1. The second kappa shape index (κ2) is 7.50. The van der Waals surface area contributed by atoms with E-state index in [1.807, 2.05) is 6.92 Å². The molecule has 1 fully saturated rings. The van der Waals surface area contributed by atoms with Crippen molar-refractivity contribution in [3.63, 3.8) is 0 Å². The van der Waals surface area contributed by atoms with Crippen LogP contribution in [0.4, 0.5) is 8.78 Å². The number of carbonyl (C=O) groups excluding carboxylic acids is 1. The molecule has 1 aromatic carbocycles. The lowest BCUT2D eigenvalue weighted by Gasteiger charge is -2.30. The molecule has 1 atom stereocenters. The molecule has 0 bridgehead atoms. The maximum absolute atomic E-state index is 13.3. The first-order valence-electron chi connectivity index (χ1n) is 7.57. The van der Waals surface area contributed by atoms with Crippen LogP contribution in [0.3, 0.4) is 0 Å². The molecule has 116 valence electrons. The quantitative estimate of drug-likeness (QED) is 0.906. The molecule has 0 saturated carbocycles. The van der Waals surface area contributed by atoms with Crippen LogP contribution in [0.15, 0.2) is 18.2 Å². The Morgan fingerprint density at radius 2 is 2.19 bits per heavy atom. The smallest absolute Gasteiger partial charge is 0.253 e. The van der Waals surface area contributed by atoms with E-state index in [9.17, 15) is 13.6 Å². The molecule has 21 heavy (non-hydrogen) atoms. The number of piperidine rings is 1. The SMILES string of the molecule is CCCN(CC1CCCNC1)C(=O)c1ccc(F)c(F)c1. The summed E-state index contributed by atoms with van der Waals surface area (Å²) in [5.41, 5.74) is 0.214. The summed E-state index contributed by atoms with van der Waals surface area (Å²) < 4.78 is 26.3. The molecule has 1 aliphatic heterocycles. The molecule has 1 saturated heterocycles. The highest BCUT2D eigenvalue weighted by atomic mass is 19.2. The van der Waals surface area contributed by atoms with Gasteiger partial charge in [-0.05, 0) is 56.5 Å². The summed E-state index contributed by atoms with van der Waals surface area (Å²) in [6.45, 7) is 5.24. The van der Waals surface area contributed by atoms with Crippen molar-refractivity contribution in [1.82, 2.24) is 10.2 Å². The molecular weight excluding hydrogens is 274 g/mol. The third kappa shape index (κ3) is 4.24. The van der Waals surface area contributed by atoms with Crippen LogP contribution in [-0.4, -0.2) is 37.0 Å². The van der Waals surface area contributed by atoms with Gasteiger partial charge in [0, 0.05) is 18.7 Å². The predicted molar refractivity (Wildman–Crippen MR) is 78.1 cm³/mol. The van der Waals surface area contributed by atoms with Crippen LogP contribution in [-0.2, 0) is 0 Å². The minimum Gasteiger partial charge on any atom is -0.338 e. The average molecular weight is 296 g/mol. The molecule has 1 aliphatic rings. The summed E-state index contributed by atoms with van der Waals surface area (Å²) >= 11 is 0. The monoisotopic (exact) mass is 296 g/mol. The molecule has 5 heteroatoms. The number of nitrogens with zero attached hydrogens (tertiary/aromatic N) is 1. The average Bonchev–Trinajstić information content (AvgIpc) is 2.50. The van der Waals surface area contributed by atoms with Crippen molar-refractivity contribution >= 4 is 5.91 Å². The zero-order valence-corrected chi connectivity index (χ0v) is 12.4. The Kier molecular flexibility index (Phi) is 5.67. The van der Waals surface area contributed by atoms with E-state index >= 15 is 0 Å². The van der Waals surface area contributed by atoms with Crippen molar-refractivity contribution in [2.24, 2.45) is 5.92 Å².